The molecule has 1 aromatic heterocycles. The molecule has 0 radical (unpaired) electrons. The standard InChI is InChI=1S/C12H12ClN3O4S/c1-20-8(10(17)18)5-14-11(19)16-12-15-7-3-2-6(13)4-9(7)21-12/h2-4,8H,5H2,1H3,(H,17,18)(H2,14,15,16,19). The summed E-state index contributed by atoms with van der Waals surface area (Å²) in [5.41, 5.74) is 0.722. The van der Waals surface area contributed by atoms with Crippen LogP contribution in [0.5, 0.6) is 0 Å². The fourth-order valence-electron chi connectivity index (χ4n) is 1.55. The van der Waals surface area contributed by atoms with Gasteiger partial charge in [-0.25, -0.2) is 14.6 Å². The third kappa shape index (κ3) is 4.03. The summed E-state index contributed by atoms with van der Waals surface area (Å²) in [6.45, 7) is -0.144. The minimum atomic E-state index is -1.15. The van der Waals surface area contributed by atoms with Gasteiger partial charge < -0.3 is 15.2 Å². The molecule has 1 atom stereocenters. The predicted molar refractivity (Wildman–Crippen MR) is 80.1 cm³/mol. The SMILES string of the molecule is COC(CNC(=O)Nc1nc2ccc(Cl)cc2s1)C(=O)O. The highest BCUT2D eigenvalue weighted by atomic mass is 35.5. The number of aromatic nitrogens is 1. The number of amides is 2. The minimum Gasteiger partial charge on any atom is -0.479 e. The molecule has 2 rings (SSSR count). The number of ether oxygens (including phenoxy) is 1. The summed E-state index contributed by atoms with van der Waals surface area (Å²) in [5.74, 6) is -1.15. The molecule has 1 heterocycles. The highest BCUT2D eigenvalue weighted by molar-refractivity contribution is 7.22. The highest BCUT2D eigenvalue weighted by Crippen LogP contribution is 2.28. The van der Waals surface area contributed by atoms with Gasteiger partial charge in [0.05, 0.1) is 16.8 Å². The number of anilines is 1. The van der Waals surface area contributed by atoms with Gasteiger partial charge in [-0.05, 0) is 18.2 Å². The van der Waals surface area contributed by atoms with Crippen LogP contribution in [0.25, 0.3) is 10.2 Å². The van der Waals surface area contributed by atoms with Gasteiger partial charge in [0.2, 0.25) is 0 Å². The van der Waals surface area contributed by atoms with Crippen LogP contribution >= 0.6 is 22.9 Å². The van der Waals surface area contributed by atoms with E-state index in [1.165, 1.54) is 18.4 Å². The maximum Gasteiger partial charge on any atom is 0.334 e. The van der Waals surface area contributed by atoms with E-state index in [1.807, 2.05) is 0 Å². The van der Waals surface area contributed by atoms with Gasteiger partial charge in [0, 0.05) is 12.1 Å². The molecule has 0 bridgehead atoms. The Bertz CT molecular complexity index is 676. The van der Waals surface area contributed by atoms with Crippen LogP contribution in [0.1, 0.15) is 0 Å². The molecule has 0 spiro atoms. The molecule has 3 N–H and O–H groups in total. The van der Waals surface area contributed by atoms with E-state index in [9.17, 15) is 9.59 Å². The number of nitrogens with one attached hydrogen (secondary N) is 2. The quantitative estimate of drug-likeness (QED) is 0.780. The number of nitrogens with zero attached hydrogens (tertiary/aromatic N) is 1. The van der Waals surface area contributed by atoms with E-state index in [0.29, 0.717) is 10.2 Å². The zero-order chi connectivity index (χ0) is 15.4. The smallest absolute Gasteiger partial charge is 0.334 e. The van der Waals surface area contributed by atoms with E-state index in [2.05, 4.69) is 15.6 Å². The monoisotopic (exact) mass is 329 g/mol. The third-order valence-corrected chi connectivity index (χ3v) is 3.75. The Hall–Kier alpha value is -1.90. The molecule has 1 aromatic carbocycles. The van der Waals surface area contributed by atoms with Gasteiger partial charge in [-0.15, -0.1) is 0 Å². The Morgan fingerprint density at radius 2 is 2.29 bits per heavy atom. The maximum atomic E-state index is 11.7. The Balaban J connectivity index is 1.96. The number of methoxy groups -OCH3 is 1. The van der Waals surface area contributed by atoms with Crippen LogP contribution in [-0.4, -0.2) is 41.8 Å². The van der Waals surface area contributed by atoms with Crippen molar-refractivity contribution in [3.63, 3.8) is 0 Å². The molecule has 0 aliphatic heterocycles. The summed E-state index contributed by atoms with van der Waals surface area (Å²) in [6, 6.07) is 4.67. The molecule has 0 saturated heterocycles. The zero-order valence-electron chi connectivity index (χ0n) is 10.9. The molecular formula is C12H12ClN3O4S. The first-order chi connectivity index (χ1) is 9.99. The first-order valence-electron chi connectivity index (χ1n) is 5.86. The minimum absolute atomic E-state index is 0.144. The van der Waals surface area contributed by atoms with Crippen LogP contribution in [0, 0.1) is 0 Å². The molecule has 21 heavy (non-hydrogen) atoms. The number of rotatable bonds is 5. The van der Waals surface area contributed by atoms with Crippen LogP contribution < -0.4 is 10.6 Å². The average molecular weight is 330 g/mol. The van der Waals surface area contributed by atoms with Crippen molar-refractivity contribution in [1.82, 2.24) is 10.3 Å². The lowest BCUT2D eigenvalue weighted by Gasteiger charge is -2.11. The number of benzene rings is 1. The van der Waals surface area contributed by atoms with Crippen molar-refractivity contribution < 1.29 is 19.4 Å². The first-order valence-corrected chi connectivity index (χ1v) is 7.05. The number of carboxylic acids is 1. The molecule has 2 amide bonds. The lowest BCUT2D eigenvalue weighted by molar-refractivity contribution is -0.147. The Morgan fingerprint density at radius 1 is 1.52 bits per heavy atom. The van der Waals surface area contributed by atoms with Gasteiger partial charge >= 0.3 is 12.0 Å². The van der Waals surface area contributed by atoms with Crippen molar-refractivity contribution in [1.29, 1.82) is 0 Å². The summed E-state index contributed by atoms with van der Waals surface area (Å²) in [5, 5.41) is 14.7. The first kappa shape index (κ1) is 15.5. The molecular weight excluding hydrogens is 318 g/mol. The lowest BCUT2D eigenvalue weighted by Crippen LogP contribution is -2.39. The van der Waals surface area contributed by atoms with Crippen LogP contribution in [0.15, 0.2) is 18.2 Å². The fourth-order valence-corrected chi connectivity index (χ4v) is 2.69. The van der Waals surface area contributed by atoms with Crippen LogP contribution in [0.3, 0.4) is 0 Å². The number of carbonyl (C=O) groups is 2. The van der Waals surface area contributed by atoms with Gasteiger partial charge in [0.25, 0.3) is 0 Å². The molecule has 0 saturated carbocycles. The van der Waals surface area contributed by atoms with Gasteiger partial charge in [-0.1, -0.05) is 22.9 Å². The number of carbonyl (C=O) groups excluding carboxylic acids is 1. The van der Waals surface area contributed by atoms with Gasteiger partial charge in [0.15, 0.2) is 11.2 Å². The molecule has 9 heteroatoms. The number of fused-ring (bicyclic) bond motifs is 1. The summed E-state index contributed by atoms with van der Waals surface area (Å²) < 4.78 is 5.55. The number of urea groups is 1. The van der Waals surface area contributed by atoms with E-state index in [4.69, 9.17) is 21.4 Å². The fraction of sp³-hybridized carbons (Fsp3) is 0.250. The zero-order valence-corrected chi connectivity index (χ0v) is 12.5. The third-order valence-electron chi connectivity index (χ3n) is 2.58. The molecule has 112 valence electrons. The summed E-state index contributed by atoms with van der Waals surface area (Å²) in [6.07, 6.45) is -1.09. The maximum absolute atomic E-state index is 11.7. The van der Waals surface area contributed by atoms with Gasteiger partial charge in [-0.2, -0.15) is 0 Å². The van der Waals surface area contributed by atoms with E-state index < -0.39 is 18.1 Å². The van der Waals surface area contributed by atoms with Crippen LogP contribution in [-0.2, 0) is 9.53 Å². The number of halogens is 1. The molecule has 0 fully saturated rings. The van der Waals surface area contributed by atoms with Crippen molar-refractivity contribution in [2.24, 2.45) is 0 Å². The van der Waals surface area contributed by atoms with E-state index in [0.717, 1.165) is 10.2 Å². The lowest BCUT2D eigenvalue weighted by atomic mass is 10.3. The number of hydrogen-bond donors (Lipinski definition) is 3. The van der Waals surface area contributed by atoms with Gasteiger partial charge in [-0.3, -0.25) is 5.32 Å². The Labute approximate surface area is 128 Å². The highest BCUT2D eigenvalue weighted by Gasteiger charge is 2.17. The molecule has 1 unspecified atom stereocenters. The second-order valence-corrected chi connectivity index (χ2v) is 5.50. The van der Waals surface area contributed by atoms with Crippen LogP contribution in [0.4, 0.5) is 9.93 Å². The predicted octanol–water partition coefficient (Wildman–Crippen LogP) is 2.17. The average Bonchev–Trinajstić information content (AvgIpc) is 2.80. The van der Waals surface area contributed by atoms with Crippen molar-refractivity contribution in [3.05, 3.63) is 23.2 Å². The largest absolute Gasteiger partial charge is 0.479 e. The Kier molecular flexibility index (Phi) is 4.94. The van der Waals surface area contributed by atoms with Gasteiger partial charge in [0.1, 0.15) is 0 Å². The molecule has 0 aliphatic rings. The number of thiazole rings is 1. The molecule has 2 aromatic rings. The van der Waals surface area contributed by atoms with E-state index >= 15 is 0 Å². The number of aliphatic carboxylic acids is 1. The topological polar surface area (TPSA) is 101 Å². The second-order valence-electron chi connectivity index (χ2n) is 4.03. The Morgan fingerprint density at radius 3 is 2.95 bits per heavy atom. The molecule has 0 aliphatic carbocycles. The summed E-state index contributed by atoms with van der Waals surface area (Å²) >= 11 is 7.14. The number of carboxylic acid groups (broad SMARTS) is 1. The second kappa shape index (κ2) is 6.70. The van der Waals surface area contributed by atoms with E-state index in [-0.39, 0.29) is 6.54 Å². The van der Waals surface area contributed by atoms with Crippen molar-refractivity contribution in [3.8, 4) is 0 Å². The molecule has 7 nitrogen and oxygen atoms in total. The van der Waals surface area contributed by atoms with Crippen molar-refractivity contribution in [2.45, 2.75) is 6.10 Å². The summed E-state index contributed by atoms with van der Waals surface area (Å²) in [4.78, 5) is 26.6. The van der Waals surface area contributed by atoms with Crippen molar-refractivity contribution in [2.75, 3.05) is 19.0 Å². The number of hydrogen-bond acceptors (Lipinski definition) is 5. The normalized spacial score (nSPS) is 12.1. The summed E-state index contributed by atoms with van der Waals surface area (Å²) in [7, 11) is 1.26. The van der Waals surface area contributed by atoms with Crippen LogP contribution in [0.2, 0.25) is 5.02 Å². The van der Waals surface area contributed by atoms with E-state index in [1.54, 1.807) is 18.2 Å². The van der Waals surface area contributed by atoms with Crippen molar-refractivity contribution >= 4 is 50.3 Å².